The molecule has 4 rings (SSSR count). The fourth-order valence-electron chi connectivity index (χ4n) is 8.16. The van der Waals surface area contributed by atoms with E-state index in [-0.39, 0.29) is 6.10 Å². The van der Waals surface area contributed by atoms with Crippen molar-refractivity contribution in [2.45, 2.75) is 84.8 Å². The van der Waals surface area contributed by atoms with E-state index < -0.39 is 0 Å². The summed E-state index contributed by atoms with van der Waals surface area (Å²) in [5.41, 5.74) is 8.85. The van der Waals surface area contributed by atoms with Gasteiger partial charge < -0.3 is 10.8 Å². The second-order valence-electron chi connectivity index (χ2n) is 10.3. The van der Waals surface area contributed by atoms with E-state index in [1.54, 1.807) is 5.57 Å². The lowest BCUT2D eigenvalue weighted by atomic mass is 9.47. The van der Waals surface area contributed by atoms with E-state index in [1.807, 2.05) is 0 Å². The summed E-state index contributed by atoms with van der Waals surface area (Å²) in [6, 6.07) is 0.321. The highest BCUT2D eigenvalue weighted by Gasteiger charge is 2.60. The lowest BCUT2D eigenvalue weighted by Gasteiger charge is -2.58. The lowest BCUT2D eigenvalue weighted by Crippen LogP contribution is -2.52. The molecule has 2 nitrogen and oxygen atoms in total. The van der Waals surface area contributed by atoms with Crippen LogP contribution in [0.2, 0.25) is 0 Å². The standard InChI is InChI=1S/C22H37NO/c1-13-11-19-17-6-5-15-12-16(24)7-9-21(15,3)18(17)8-10-22(19,4)20(13)14(2)23/h5,13-14,16-20,24H,6-12,23H2,1-4H3/t13?,14?,16?,17-,18+,19+,20-,21+,22+/m1/s1. The van der Waals surface area contributed by atoms with Crippen LogP contribution in [0.25, 0.3) is 0 Å². The predicted octanol–water partition coefficient (Wildman–Crippen LogP) is 4.52. The summed E-state index contributed by atoms with van der Waals surface area (Å²) in [7, 11) is 0. The number of hydrogen-bond donors (Lipinski definition) is 2. The van der Waals surface area contributed by atoms with E-state index in [1.165, 1.54) is 32.1 Å². The topological polar surface area (TPSA) is 46.2 Å². The second-order valence-corrected chi connectivity index (χ2v) is 10.3. The Morgan fingerprint density at radius 2 is 1.96 bits per heavy atom. The van der Waals surface area contributed by atoms with Gasteiger partial charge in [0.05, 0.1) is 6.10 Å². The van der Waals surface area contributed by atoms with E-state index in [0.717, 1.165) is 36.5 Å². The molecular weight excluding hydrogens is 294 g/mol. The van der Waals surface area contributed by atoms with Gasteiger partial charge in [-0.05, 0) is 92.3 Å². The quantitative estimate of drug-likeness (QED) is 0.694. The van der Waals surface area contributed by atoms with Crippen LogP contribution in [-0.2, 0) is 0 Å². The summed E-state index contributed by atoms with van der Waals surface area (Å²) in [4.78, 5) is 0. The zero-order valence-electron chi connectivity index (χ0n) is 16.1. The zero-order chi connectivity index (χ0) is 17.3. The van der Waals surface area contributed by atoms with E-state index >= 15 is 0 Å². The van der Waals surface area contributed by atoms with E-state index in [2.05, 4.69) is 33.8 Å². The summed E-state index contributed by atoms with van der Waals surface area (Å²) in [5, 5.41) is 10.1. The van der Waals surface area contributed by atoms with Gasteiger partial charge in [-0.25, -0.2) is 0 Å². The Kier molecular flexibility index (Phi) is 3.97. The molecule has 0 aromatic heterocycles. The number of nitrogens with two attached hydrogens (primary N) is 1. The molecule has 0 aliphatic heterocycles. The van der Waals surface area contributed by atoms with Crippen molar-refractivity contribution in [3.63, 3.8) is 0 Å². The number of allylic oxidation sites excluding steroid dienone is 1. The highest BCUT2D eigenvalue weighted by atomic mass is 16.3. The number of fused-ring (bicyclic) bond motifs is 5. The van der Waals surface area contributed by atoms with Gasteiger partial charge in [0.15, 0.2) is 0 Å². The number of aliphatic hydroxyl groups is 1. The Labute approximate surface area is 148 Å². The Morgan fingerprint density at radius 1 is 1.21 bits per heavy atom. The van der Waals surface area contributed by atoms with Gasteiger partial charge in [-0.1, -0.05) is 32.4 Å². The van der Waals surface area contributed by atoms with Gasteiger partial charge in [-0.15, -0.1) is 0 Å². The fourth-order valence-corrected chi connectivity index (χ4v) is 8.16. The van der Waals surface area contributed by atoms with Gasteiger partial charge in [0.1, 0.15) is 0 Å². The van der Waals surface area contributed by atoms with Crippen molar-refractivity contribution in [1.82, 2.24) is 0 Å². The van der Waals surface area contributed by atoms with Gasteiger partial charge in [0.2, 0.25) is 0 Å². The summed E-state index contributed by atoms with van der Waals surface area (Å²) in [5.74, 6) is 3.99. The normalized spacial score (nSPS) is 55.2. The monoisotopic (exact) mass is 331 g/mol. The average molecular weight is 332 g/mol. The third-order valence-corrected chi connectivity index (χ3v) is 9.08. The Morgan fingerprint density at radius 3 is 2.67 bits per heavy atom. The van der Waals surface area contributed by atoms with Crippen molar-refractivity contribution < 1.29 is 5.11 Å². The van der Waals surface area contributed by atoms with Gasteiger partial charge in [-0.3, -0.25) is 0 Å². The first-order valence-electron chi connectivity index (χ1n) is 10.4. The van der Waals surface area contributed by atoms with Crippen molar-refractivity contribution in [2.75, 3.05) is 0 Å². The first kappa shape index (κ1) is 17.1. The van der Waals surface area contributed by atoms with Crippen LogP contribution in [0.3, 0.4) is 0 Å². The first-order valence-corrected chi connectivity index (χ1v) is 10.4. The maximum atomic E-state index is 10.1. The summed E-state index contributed by atoms with van der Waals surface area (Å²) in [6.07, 6.45) is 10.9. The van der Waals surface area contributed by atoms with Crippen molar-refractivity contribution >= 4 is 0 Å². The van der Waals surface area contributed by atoms with Crippen LogP contribution < -0.4 is 5.73 Å². The molecule has 0 aromatic carbocycles. The van der Waals surface area contributed by atoms with Gasteiger partial charge in [-0.2, -0.15) is 0 Å². The second kappa shape index (κ2) is 5.58. The van der Waals surface area contributed by atoms with Crippen molar-refractivity contribution in [3.05, 3.63) is 11.6 Å². The highest BCUT2D eigenvalue weighted by molar-refractivity contribution is 5.25. The molecule has 2 heteroatoms. The Hall–Kier alpha value is -0.340. The Bertz CT molecular complexity index is 540. The third-order valence-electron chi connectivity index (χ3n) is 9.08. The van der Waals surface area contributed by atoms with Crippen LogP contribution in [0.1, 0.15) is 72.6 Å². The molecule has 4 aliphatic carbocycles. The smallest absolute Gasteiger partial charge is 0.0577 e. The largest absolute Gasteiger partial charge is 0.393 e. The van der Waals surface area contributed by atoms with Gasteiger partial charge in [0, 0.05) is 6.04 Å². The zero-order valence-corrected chi connectivity index (χ0v) is 16.1. The summed E-state index contributed by atoms with van der Waals surface area (Å²) >= 11 is 0. The summed E-state index contributed by atoms with van der Waals surface area (Å²) < 4.78 is 0. The molecule has 0 amide bonds. The van der Waals surface area contributed by atoms with Crippen LogP contribution in [0, 0.1) is 40.4 Å². The molecule has 3 saturated carbocycles. The van der Waals surface area contributed by atoms with E-state index in [0.29, 0.717) is 22.8 Å². The Balaban J connectivity index is 1.67. The minimum atomic E-state index is -0.0938. The van der Waals surface area contributed by atoms with Crippen LogP contribution in [0.4, 0.5) is 0 Å². The highest BCUT2D eigenvalue weighted by Crippen LogP contribution is 2.67. The summed E-state index contributed by atoms with van der Waals surface area (Å²) in [6.45, 7) is 9.78. The molecule has 4 aliphatic rings. The maximum absolute atomic E-state index is 10.1. The predicted molar refractivity (Wildman–Crippen MR) is 99.4 cm³/mol. The molecule has 136 valence electrons. The van der Waals surface area contributed by atoms with Crippen molar-refractivity contribution in [2.24, 2.45) is 46.2 Å². The van der Waals surface area contributed by atoms with Crippen LogP contribution >= 0.6 is 0 Å². The molecule has 9 atom stereocenters. The van der Waals surface area contributed by atoms with Crippen LogP contribution in [0.5, 0.6) is 0 Å². The molecule has 0 spiro atoms. The van der Waals surface area contributed by atoms with Crippen LogP contribution in [0.15, 0.2) is 11.6 Å². The molecule has 3 N–H and O–H groups in total. The molecule has 24 heavy (non-hydrogen) atoms. The molecule has 0 bridgehead atoms. The number of aliphatic hydroxyl groups excluding tert-OH is 1. The molecule has 0 heterocycles. The van der Waals surface area contributed by atoms with Gasteiger partial charge in [0.25, 0.3) is 0 Å². The lowest BCUT2D eigenvalue weighted by molar-refractivity contribution is -0.0528. The van der Waals surface area contributed by atoms with E-state index in [4.69, 9.17) is 5.73 Å². The third kappa shape index (κ3) is 2.21. The SMILES string of the molecule is CC(N)[C@H]1C(C)C[C@H]2[C@@H]3CC=C4CC(O)CC[C@]4(C)[C@H]3CC[C@]12C. The molecular formula is C22H37NO. The number of hydrogen-bond acceptors (Lipinski definition) is 2. The average Bonchev–Trinajstić information content (AvgIpc) is 2.78. The number of rotatable bonds is 1. The van der Waals surface area contributed by atoms with Crippen LogP contribution in [-0.4, -0.2) is 17.3 Å². The first-order chi connectivity index (χ1) is 11.3. The molecule has 0 radical (unpaired) electrons. The molecule has 0 saturated heterocycles. The van der Waals surface area contributed by atoms with Gasteiger partial charge >= 0.3 is 0 Å². The minimum Gasteiger partial charge on any atom is -0.393 e. The maximum Gasteiger partial charge on any atom is 0.0577 e. The van der Waals surface area contributed by atoms with E-state index in [9.17, 15) is 5.11 Å². The van der Waals surface area contributed by atoms with Crippen molar-refractivity contribution in [3.8, 4) is 0 Å². The fraction of sp³-hybridized carbons (Fsp3) is 0.909. The molecule has 0 aromatic rings. The minimum absolute atomic E-state index is 0.0938. The molecule has 3 unspecified atom stereocenters. The van der Waals surface area contributed by atoms with Crippen molar-refractivity contribution in [1.29, 1.82) is 0 Å². The molecule has 3 fully saturated rings.